The number of ether oxygens (including phenoxy) is 2. The molecule has 0 fully saturated rings. The second kappa shape index (κ2) is 7.44. The molecule has 0 aromatic heterocycles. The van der Waals surface area contributed by atoms with Crippen molar-refractivity contribution in [2.45, 2.75) is 20.3 Å². The standard InChI is InChI=1S/C13H17NO3/c1-3-16-13-7-4-6-12(10-13)14-8-5-9-17-11(2)15/h4,6-8,10H,3,5,9H2,1-2H3. The van der Waals surface area contributed by atoms with Crippen molar-refractivity contribution < 1.29 is 14.3 Å². The molecule has 1 rings (SSSR count). The van der Waals surface area contributed by atoms with Crippen LogP contribution in [0.15, 0.2) is 29.3 Å². The Labute approximate surface area is 101 Å². The van der Waals surface area contributed by atoms with Crippen LogP contribution in [0, 0.1) is 0 Å². The maximum Gasteiger partial charge on any atom is 0.302 e. The van der Waals surface area contributed by atoms with E-state index < -0.39 is 0 Å². The first-order valence-corrected chi connectivity index (χ1v) is 5.61. The molecule has 92 valence electrons. The lowest BCUT2D eigenvalue weighted by atomic mass is 10.3. The second-order valence-electron chi connectivity index (χ2n) is 3.37. The van der Waals surface area contributed by atoms with Crippen LogP contribution in [0.1, 0.15) is 20.3 Å². The van der Waals surface area contributed by atoms with Crippen molar-refractivity contribution in [3.63, 3.8) is 0 Å². The molecule has 4 nitrogen and oxygen atoms in total. The number of hydrogen-bond acceptors (Lipinski definition) is 4. The van der Waals surface area contributed by atoms with Gasteiger partial charge < -0.3 is 9.47 Å². The van der Waals surface area contributed by atoms with Crippen molar-refractivity contribution >= 4 is 17.9 Å². The van der Waals surface area contributed by atoms with E-state index in [1.165, 1.54) is 6.92 Å². The number of esters is 1. The third kappa shape index (κ3) is 5.70. The average molecular weight is 235 g/mol. The van der Waals surface area contributed by atoms with Crippen LogP contribution in [-0.2, 0) is 9.53 Å². The Morgan fingerprint density at radius 3 is 3.00 bits per heavy atom. The molecule has 0 heterocycles. The molecule has 1 aromatic carbocycles. The van der Waals surface area contributed by atoms with E-state index in [4.69, 9.17) is 9.47 Å². The SMILES string of the molecule is CCOc1cccc(N=CCCOC(C)=O)c1. The van der Waals surface area contributed by atoms with Gasteiger partial charge in [-0.1, -0.05) is 6.07 Å². The van der Waals surface area contributed by atoms with Crippen LogP contribution in [0.25, 0.3) is 0 Å². The fraction of sp³-hybridized carbons (Fsp3) is 0.385. The van der Waals surface area contributed by atoms with Gasteiger partial charge in [-0.3, -0.25) is 9.79 Å². The fourth-order valence-electron chi connectivity index (χ4n) is 1.25. The summed E-state index contributed by atoms with van der Waals surface area (Å²) < 4.78 is 10.1. The van der Waals surface area contributed by atoms with Gasteiger partial charge in [0, 0.05) is 25.6 Å². The zero-order valence-electron chi connectivity index (χ0n) is 10.2. The van der Waals surface area contributed by atoms with E-state index in [2.05, 4.69) is 4.99 Å². The van der Waals surface area contributed by atoms with E-state index in [1.54, 1.807) is 6.21 Å². The molecule has 0 atom stereocenters. The van der Waals surface area contributed by atoms with Gasteiger partial charge >= 0.3 is 5.97 Å². The number of hydrogen-bond donors (Lipinski definition) is 0. The highest BCUT2D eigenvalue weighted by atomic mass is 16.5. The molecule has 1 aromatic rings. The summed E-state index contributed by atoms with van der Waals surface area (Å²) in [7, 11) is 0. The summed E-state index contributed by atoms with van der Waals surface area (Å²) in [5.74, 6) is 0.541. The number of carbonyl (C=O) groups excluding carboxylic acids is 1. The third-order valence-electron chi connectivity index (χ3n) is 1.92. The lowest BCUT2D eigenvalue weighted by Crippen LogP contribution is -2.00. The summed E-state index contributed by atoms with van der Waals surface area (Å²) in [6, 6.07) is 7.54. The Morgan fingerprint density at radius 2 is 2.29 bits per heavy atom. The zero-order valence-corrected chi connectivity index (χ0v) is 10.2. The van der Waals surface area contributed by atoms with E-state index in [0.29, 0.717) is 19.6 Å². The average Bonchev–Trinajstić information content (AvgIpc) is 2.29. The molecule has 0 spiro atoms. The molecule has 0 N–H and O–H groups in total. The van der Waals surface area contributed by atoms with Crippen molar-refractivity contribution in [3.05, 3.63) is 24.3 Å². The van der Waals surface area contributed by atoms with Crippen LogP contribution >= 0.6 is 0 Å². The minimum Gasteiger partial charge on any atom is -0.494 e. The van der Waals surface area contributed by atoms with Crippen molar-refractivity contribution in [2.75, 3.05) is 13.2 Å². The minimum absolute atomic E-state index is 0.267. The van der Waals surface area contributed by atoms with Gasteiger partial charge in [0.05, 0.1) is 18.9 Å². The summed E-state index contributed by atoms with van der Waals surface area (Å²) in [5.41, 5.74) is 0.832. The number of aliphatic imine (C=N–C) groups is 1. The first kappa shape index (κ1) is 13.2. The Kier molecular flexibility index (Phi) is 5.79. The van der Waals surface area contributed by atoms with Gasteiger partial charge in [0.15, 0.2) is 0 Å². The van der Waals surface area contributed by atoms with Gasteiger partial charge in [-0.05, 0) is 19.1 Å². The summed E-state index contributed by atoms with van der Waals surface area (Å²) in [6.45, 7) is 4.33. The van der Waals surface area contributed by atoms with Crippen LogP contribution in [0.4, 0.5) is 5.69 Å². The van der Waals surface area contributed by atoms with Crippen molar-refractivity contribution in [2.24, 2.45) is 4.99 Å². The highest BCUT2D eigenvalue weighted by Crippen LogP contribution is 2.19. The Morgan fingerprint density at radius 1 is 1.47 bits per heavy atom. The van der Waals surface area contributed by atoms with E-state index in [-0.39, 0.29) is 5.97 Å². The monoisotopic (exact) mass is 235 g/mol. The third-order valence-corrected chi connectivity index (χ3v) is 1.92. The molecule has 0 amide bonds. The molecule has 0 aliphatic carbocycles. The Balaban J connectivity index is 2.42. The highest BCUT2D eigenvalue weighted by molar-refractivity contribution is 5.67. The number of carbonyl (C=O) groups is 1. The van der Waals surface area contributed by atoms with Crippen LogP contribution in [-0.4, -0.2) is 25.4 Å². The van der Waals surface area contributed by atoms with Gasteiger partial charge in [0.2, 0.25) is 0 Å². The predicted octanol–water partition coefficient (Wildman–Crippen LogP) is 2.74. The van der Waals surface area contributed by atoms with Gasteiger partial charge in [-0.2, -0.15) is 0 Å². The summed E-state index contributed by atoms with van der Waals surface area (Å²) in [5, 5.41) is 0. The number of nitrogens with zero attached hydrogens (tertiary/aromatic N) is 1. The molecule has 0 unspecified atom stereocenters. The van der Waals surface area contributed by atoms with Crippen molar-refractivity contribution in [1.29, 1.82) is 0 Å². The zero-order chi connectivity index (χ0) is 12.5. The van der Waals surface area contributed by atoms with E-state index >= 15 is 0 Å². The van der Waals surface area contributed by atoms with E-state index in [9.17, 15) is 4.79 Å². The highest BCUT2D eigenvalue weighted by Gasteiger charge is 1.94. The van der Waals surface area contributed by atoms with Gasteiger partial charge in [-0.25, -0.2) is 0 Å². The van der Waals surface area contributed by atoms with Gasteiger partial charge in [-0.15, -0.1) is 0 Å². The summed E-state index contributed by atoms with van der Waals surface area (Å²) >= 11 is 0. The normalized spacial score (nSPS) is 10.5. The maximum absolute atomic E-state index is 10.5. The summed E-state index contributed by atoms with van der Waals surface area (Å²) in [6.07, 6.45) is 2.34. The number of benzene rings is 1. The maximum atomic E-state index is 10.5. The quantitative estimate of drug-likeness (QED) is 0.432. The molecule has 17 heavy (non-hydrogen) atoms. The molecule has 0 radical (unpaired) electrons. The second-order valence-corrected chi connectivity index (χ2v) is 3.37. The van der Waals surface area contributed by atoms with Gasteiger partial charge in [0.25, 0.3) is 0 Å². The lowest BCUT2D eigenvalue weighted by molar-refractivity contribution is -0.140. The number of rotatable bonds is 6. The lowest BCUT2D eigenvalue weighted by Gasteiger charge is -2.02. The predicted molar refractivity (Wildman–Crippen MR) is 67.0 cm³/mol. The topological polar surface area (TPSA) is 47.9 Å². The van der Waals surface area contributed by atoms with Crippen molar-refractivity contribution in [1.82, 2.24) is 0 Å². The van der Waals surface area contributed by atoms with E-state index in [1.807, 2.05) is 31.2 Å². The molecule has 4 heteroatoms. The molecule has 0 aliphatic heterocycles. The van der Waals surface area contributed by atoms with Crippen LogP contribution in [0.5, 0.6) is 5.75 Å². The van der Waals surface area contributed by atoms with Gasteiger partial charge in [0.1, 0.15) is 5.75 Å². The smallest absolute Gasteiger partial charge is 0.302 e. The fourth-order valence-corrected chi connectivity index (χ4v) is 1.25. The molecular weight excluding hydrogens is 218 g/mol. The molecular formula is C13H17NO3. The molecule has 0 saturated carbocycles. The van der Waals surface area contributed by atoms with E-state index in [0.717, 1.165) is 11.4 Å². The summed E-state index contributed by atoms with van der Waals surface area (Å²) in [4.78, 5) is 14.8. The minimum atomic E-state index is -0.267. The Hall–Kier alpha value is -1.84. The van der Waals surface area contributed by atoms with Crippen molar-refractivity contribution in [3.8, 4) is 5.75 Å². The first-order valence-electron chi connectivity index (χ1n) is 5.61. The van der Waals surface area contributed by atoms with Crippen LogP contribution < -0.4 is 4.74 Å². The largest absolute Gasteiger partial charge is 0.494 e. The first-order chi connectivity index (χ1) is 8.22. The molecule has 0 bridgehead atoms. The molecule has 0 saturated heterocycles. The van der Waals surface area contributed by atoms with Crippen LogP contribution in [0.3, 0.4) is 0 Å². The Bertz CT molecular complexity index is 388. The van der Waals surface area contributed by atoms with Crippen LogP contribution in [0.2, 0.25) is 0 Å². The molecule has 0 aliphatic rings.